The van der Waals surface area contributed by atoms with Gasteiger partial charge in [0, 0.05) is 17.5 Å². The van der Waals surface area contributed by atoms with Crippen molar-refractivity contribution in [3.05, 3.63) is 41.7 Å². The van der Waals surface area contributed by atoms with Gasteiger partial charge in [0.25, 0.3) is 0 Å². The lowest BCUT2D eigenvalue weighted by Crippen LogP contribution is -1.87. The summed E-state index contributed by atoms with van der Waals surface area (Å²) in [5.74, 6) is 0.522. The summed E-state index contributed by atoms with van der Waals surface area (Å²) in [7, 11) is 0. The molecule has 3 heteroatoms. The molecule has 0 fully saturated rings. The number of rotatable bonds is 1. The molecule has 0 aliphatic heterocycles. The van der Waals surface area contributed by atoms with Gasteiger partial charge in [-0.25, -0.2) is 0 Å². The summed E-state index contributed by atoms with van der Waals surface area (Å²) in [6.07, 6.45) is 1.30. The Morgan fingerprint density at radius 2 is 1.93 bits per heavy atom. The molecule has 3 nitrogen and oxygen atoms in total. The van der Waals surface area contributed by atoms with Crippen LogP contribution in [0, 0.1) is 0 Å². The average molecular weight is 199 g/mol. The molecule has 0 spiro atoms. The summed E-state index contributed by atoms with van der Waals surface area (Å²) in [5.41, 5.74) is 2.79. The van der Waals surface area contributed by atoms with Gasteiger partial charge in [-0.3, -0.25) is 4.79 Å². The fraction of sp³-hybridized carbons (Fsp3) is 0.167. The molecule has 0 radical (unpaired) electrons. The molecule has 1 heterocycles. The van der Waals surface area contributed by atoms with Crippen molar-refractivity contribution < 1.29 is 9.32 Å². The monoisotopic (exact) mass is 199 g/mol. The number of carbonyl (C=O) groups excluding carboxylic acids is 1. The third kappa shape index (κ3) is 1.20. The van der Waals surface area contributed by atoms with Gasteiger partial charge in [-0.2, -0.15) is 0 Å². The van der Waals surface area contributed by atoms with Gasteiger partial charge in [0.05, 0.1) is 0 Å². The van der Waals surface area contributed by atoms with Crippen LogP contribution < -0.4 is 0 Å². The maximum atomic E-state index is 11.4. The van der Waals surface area contributed by atoms with Crippen LogP contribution in [-0.2, 0) is 6.42 Å². The molecule has 0 atom stereocenters. The van der Waals surface area contributed by atoms with Crippen molar-refractivity contribution in [1.29, 1.82) is 0 Å². The molecule has 0 saturated heterocycles. The SMILES string of the molecule is O=C1CCc2c(-c3ccccc3)noc21. The molecule has 0 amide bonds. The van der Waals surface area contributed by atoms with Crippen molar-refractivity contribution in [2.75, 3.05) is 0 Å². The second-order valence-corrected chi connectivity index (χ2v) is 3.63. The summed E-state index contributed by atoms with van der Waals surface area (Å²) < 4.78 is 5.07. The Labute approximate surface area is 86.7 Å². The predicted molar refractivity (Wildman–Crippen MR) is 54.6 cm³/mol. The second-order valence-electron chi connectivity index (χ2n) is 3.63. The molecule has 3 rings (SSSR count). The molecular weight excluding hydrogens is 190 g/mol. The number of nitrogens with zero attached hydrogens (tertiary/aromatic N) is 1. The lowest BCUT2D eigenvalue weighted by molar-refractivity contribution is 0.0961. The minimum Gasteiger partial charge on any atom is -0.352 e. The highest BCUT2D eigenvalue weighted by Gasteiger charge is 2.28. The van der Waals surface area contributed by atoms with Gasteiger partial charge in [0.15, 0.2) is 0 Å². The standard InChI is InChI=1S/C12H9NO2/c14-10-7-6-9-11(13-15-12(9)10)8-4-2-1-3-5-8/h1-5H,6-7H2. The van der Waals surface area contributed by atoms with Crippen molar-refractivity contribution in [2.45, 2.75) is 12.8 Å². The van der Waals surface area contributed by atoms with E-state index >= 15 is 0 Å². The van der Waals surface area contributed by atoms with Crippen LogP contribution in [0.1, 0.15) is 22.5 Å². The van der Waals surface area contributed by atoms with Crippen LogP contribution in [0.15, 0.2) is 34.9 Å². The number of Topliss-reactive ketones (excluding diaryl/α,β-unsaturated/α-hetero) is 1. The fourth-order valence-corrected chi connectivity index (χ4v) is 1.94. The maximum Gasteiger partial charge on any atom is 0.206 e. The molecule has 2 aromatic rings. The number of hydrogen-bond acceptors (Lipinski definition) is 3. The van der Waals surface area contributed by atoms with Crippen molar-refractivity contribution in [3.8, 4) is 11.3 Å². The largest absolute Gasteiger partial charge is 0.352 e. The van der Waals surface area contributed by atoms with E-state index in [0.29, 0.717) is 12.2 Å². The van der Waals surface area contributed by atoms with E-state index in [1.165, 1.54) is 0 Å². The zero-order valence-electron chi connectivity index (χ0n) is 8.06. The summed E-state index contributed by atoms with van der Waals surface area (Å²) in [4.78, 5) is 11.4. The van der Waals surface area contributed by atoms with E-state index in [1.54, 1.807) is 0 Å². The first-order valence-electron chi connectivity index (χ1n) is 4.93. The zero-order chi connectivity index (χ0) is 10.3. The number of ketones is 1. The lowest BCUT2D eigenvalue weighted by Gasteiger charge is -1.96. The van der Waals surface area contributed by atoms with E-state index < -0.39 is 0 Å². The van der Waals surface area contributed by atoms with Crippen molar-refractivity contribution in [2.24, 2.45) is 0 Å². The molecule has 1 aliphatic carbocycles. The molecule has 0 bridgehead atoms. The molecule has 0 N–H and O–H groups in total. The van der Waals surface area contributed by atoms with E-state index in [1.807, 2.05) is 30.3 Å². The highest BCUT2D eigenvalue weighted by molar-refractivity contribution is 5.99. The Kier molecular flexibility index (Phi) is 1.71. The zero-order valence-corrected chi connectivity index (χ0v) is 8.06. The van der Waals surface area contributed by atoms with Gasteiger partial charge in [-0.1, -0.05) is 35.5 Å². The third-order valence-corrected chi connectivity index (χ3v) is 2.69. The van der Waals surface area contributed by atoms with Crippen molar-refractivity contribution >= 4 is 5.78 Å². The predicted octanol–water partition coefficient (Wildman–Crippen LogP) is 2.47. The van der Waals surface area contributed by atoms with Gasteiger partial charge in [-0.05, 0) is 6.42 Å². The fourth-order valence-electron chi connectivity index (χ4n) is 1.94. The van der Waals surface area contributed by atoms with Gasteiger partial charge in [0.2, 0.25) is 11.5 Å². The van der Waals surface area contributed by atoms with Crippen LogP contribution in [0.3, 0.4) is 0 Å². The Balaban J connectivity index is 2.16. The van der Waals surface area contributed by atoms with Gasteiger partial charge in [-0.15, -0.1) is 0 Å². The van der Waals surface area contributed by atoms with Crippen LogP contribution in [0.2, 0.25) is 0 Å². The number of carbonyl (C=O) groups is 1. The lowest BCUT2D eigenvalue weighted by atomic mass is 10.1. The molecule has 1 aromatic heterocycles. The number of hydrogen-bond donors (Lipinski definition) is 0. The summed E-state index contributed by atoms with van der Waals surface area (Å²) in [6, 6.07) is 9.80. The molecule has 0 unspecified atom stereocenters. The van der Waals surface area contributed by atoms with Crippen LogP contribution in [0.4, 0.5) is 0 Å². The van der Waals surface area contributed by atoms with E-state index in [0.717, 1.165) is 23.2 Å². The van der Waals surface area contributed by atoms with Crippen LogP contribution >= 0.6 is 0 Å². The van der Waals surface area contributed by atoms with E-state index in [2.05, 4.69) is 5.16 Å². The van der Waals surface area contributed by atoms with Crippen LogP contribution in [-0.4, -0.2) is 10.9 Å². The Morgan fingerprint density at radius 3 is 2.73 bits per heavy atom. The first-order valence-corrected chi connectivity index (χ1v) is 4.93. The number of fused-ring (bicyclic) bond motifs is 1. The normalized spacial score (nSPS) is 14.3. The molecule has 74 valence electrons. The smallest absolute Gasteiger partial charge is 0.206 e. The summed E-state index contributed by atoms with van der Waals surface area (Å²) in [6.45, 7) is 0. The minimum absolute atomic E-state index is 0.0691. The Hall–Kier alpha value is -1.90. The van der Waals surface area contributed by atoms with E-state index in [-0.39, 0.29) is 5.78 Å². The number of benzene rings is 1. The average Bonchev–Trinajstić information content (AvgIpc) is 2.83. The molecular formula is C12H9NO2. The topological polar surface area (TPSA) is 43.1 Å². The van der Waals surface area contributed by atoms with Crippen molar-refractivity contribution in [1.82, 2.24) is 5.16 Å². The van der Waals surface area contributed by atoms with E-state index in [4.69, 9.17) is 4.52 Å². The van der Waals surface area contributed by atoms with Crippen LogP contribution in [0.5, 0.6) is 0 Å². The summed E-state index contributed by atoms with van der Waals surface area (Å²) in [5, 5.41) is 3.96. The molecule has 1 aliphatic rings. The minimum atomic E-state index is 0.0691. The van der Waals surface area contributed by atoms with E-state index in [9.17, 15) is 4.79 Å². The van der Waals surface area contributed by atoms with Gasteiger partial charge >= 0.3 is 0 Å². The molecule has 1 aromatic carbocycles. The second kappa shape index (κ2) is 3.05. The van der Waals surface area contributed by atoms with Gasteiger partial charge in [0.1, 0.15) is 5.69 Å². The highest BCUT2D eigenvalue weighted by Crippen LogP contribution is 2.31. The van der Waals surface area contributed by atoms with Gasteiger partial charge < -0.3 is 4.52 Å². The van der Waals surface area contributed by atoms with Crippen LogP contribution in [0.25, 0.3) is 11.3 Å². The number of aromatic nitrogens is 1. The highest BCUT2D eigenvalue weighted by atomic mass is 16.5. The quantitative estimate of drug-likeness (QED) is 0.708. The Morgan fingerprint density at radius 1 is 1.13 bits per heavy atom. The summed E-state index contributed by atoms with van der Waals surface area (Å²) >= 11 is 0. The molecule has 15 heavy (non-hydrogen) atoms. The molecule has 0 saturated carbocycles. The third-order valence-electron chi connectivity index (χ3n) is 2.69. The first kappa shape index (κ1) is 8.41. The van der Waals surface area contributed by atoms with Crippen molar-refractivity contribution in [3.63, 3.8) is 0 Å². The maximum absolute atomic E-state index is 11.4. The first-order chi connectivity index (χ1) is 7.36. The Bertz CT molecular complexity index is 514.